The predicted octanol–water partition coefficient (Wildman–Crippen LogP) is 1.95. The summed E-state index contributed by atoms with van der Waals surface area (Å²) in [5.74, 6) is 0. The molecule has 0 saturated carbocycles. The summed E-state index contributed by atoms with van der Waals surface area (Å²) in [6.45, 7) is 1.59. The Kier molecular flexibility index (Phi) is 3.51. The van der Waals surface area contributed by atoms with Gasteiger partial charge in [-0.3, -0.25) is 4.98 Å². The Bertz CT molecular complexity index is 440. The van der Waals surface area contributed by atoms with Crippen LogP contribution in [0.2, 0.25) is 0 Å². The number of nitrogens with two attached hydrogens (primary N) is 1. The van der Waals surface area contributed by atoms with E-state index in [-0.39, 0.29) is 0 Å². The molecule has 0 radical (unpaired) electrons. The molecule has 0 spiro atoms. The van der Waals surface area contributed by atoms with Crippen LogP contribution in [0.5, 0.6) is 0 Å². The maximum atomic E-state index is 5.82. The molecule has 1 heterocycles. The molecule has 3 nitrogen and oxygen atoms in total. The summed E-state index contributed by atoms with van der Waals surface area (Å²) in [4.78, 5) is 4.05. The van der Waals surface area contributed by atoms with Crippen LogP contribution >= 0.6 is 0 Å². The minimum absolute atomic E-state index is 0.745. The molecule has 0 unspecified atom stereocenters. The first kappa shape index (κ1) is 10.6. The summed E-state index contributed by atoms with van der Waals surface area (Å²) in [6.07, 6.45) is 3.50. The molecule has 0 aliphatic carbocycles. The summed E-state index contributed by atoms with van der Waals surface area (Å²) in [5, 5.41) is 3.34. The van der Waals surface area contributed by atoms with Gasteiger partial charge < -0.3 is 11.1 Å². The minimum Gasteiger partial charge on any atom is -0.398 e. The molecule has 0 atom stereocenters. The quantitative estimate of drug-likeness (QED) is 0.816. The molecule has 1 aromatic carbocycles. The summed E-state index contributed by atoms with van der Waals surface area (Å²) in [7, 11) is 0. The number of nitrogens with zero attached hydrogens (tertiary/aromatic N) is 1. The van der Waals surface area contributed by atoms with E-state index in [1.165, 1.54) is 5.56 Å². The largest absolute Gasteiger partial charge is 0.398 e. The molecule has 16 heavy (non-hydrogen) atoms. The van der Waals surface area contributed by atoms with Gasteiger partial charge in [0.25, 0.3) is 0 Å². The van der Waals surface area contributed by atoms with E-state index in [1.54, 1.807) is 12.4 Å². The third-order valence-electron chi connectivity index (χ3n) is 2.43. The number of hydrogen-bond acceptors (Lipinski definition) is 3. The first-order chi connectivity index (χ1) is 7.86. The Morgan fingerprint density at radius 3 is 2.62 bits per heavy atom. The van der Waals surface area contributed by atoms with Gasteiger partial charge in [0.05, 0.1) is 0 Å². The number of nitrogen functional groups attached to an aromatic ring is 1. The monoisotopic (exact) mass is 213 g/mol. The Morgan fingerprint density at radius 2 is 1.88 bits per heavy atom. The van der Waals surface area contributed by atoms with Crippen molar-refractivity contribution in [2.75, 3.05) is 5.73 Å². The second-order valence-corrected chi connectivity index (χ2v) is 3.66. The SMILES string of the molecule is Nc1ccncc1CNCc1ccccc1. The zero-order valence-electron chi connectivity index (χ0n) is 9.06. The first-order valence-electron chi connectivity index (χ1n) is 5.29. The number of nitrogens with one attached hydrogen (secondary N) is 1. The highest BCUT2D eigenvalue weighted by atomic mass is 14.9. The van der Waals surface area contributed by atoms with Gasteiger partial charge in [0, 0.05) is 36.7 Å². The van der Waals surface area contributed by atoms with Crippen LogP contribution in [0, 0.1) is 0 Å². The van der Waals surface area contributed by atoms with E-state index < -0.39 is 0 Å². The molecule has 2 rings (SSSR count). The predicted molar refractivity (Wildman–Crippen MR) is 65.6 cm³/mol. The molecular weight excluding hydrogens is 198 g/mol. The van der Waals surface area contributed by atoms with Gasteiger partial charge in [0.2, 0.25) is 0 Å². The lowest BCUT2D eigenvalue weighted by Crippen LogP contribution is -2.13. The van der Waals surface area contributed by atoms with Crippen LogP contribution in [0.25, 0.3) is 0 Å². The maximum Gasteiger partial charge on any atom is 0.0390 e. The van der Waals surface area contributed by atoms with Crippen LogP contribution < -0.4 is 11.1 Å². The number of rotatable bonds is 4. The molecule has 0 bridgehead atoms. The standard InChI is InChI=1S/C13H15N3/c14-13-6-7-15-9-12(13)10-16-8-11-4-2-1-3-5-11/h1-7,9,16H,8,10H2,(H2,14,15). The number of hydrogen-bond donors (Lipinski definition) is 2. The lowest BCUT2D eigenvalue weighted by molar-refractivity contribution is 0.693. The van der Waals surface area contributed by atoms with E-state index in [0.717, 1.165) is 24.3 Å². The normalized spacial score (nSPS) is 10.2. The Hall–Kier alpha value is -1.87. The van der Waals surface area contributed by atoms with Gasteiger partial charge in [0.15, 0.2) is 0 Å². The van der Waals surface area contributed by atoms with Crippen LogP contribution in [-0.2, 0) is 13.1 Å². The number of aromatic nitrogens is 1. The van der Waals surface area contributed by atoms with Crippen molar-refractivity contribution in [1.82, 2.24) is 10.3 Å². The zero-order valence-corrected chi connectivity index (χ0v) is 9.06. The molecule has 0 saturated heterocycles. The Morgan fingerprint density at radius 1 is 1.06 bits per heavy atom. The number of pyridine rings is 1. The topological polar surface area (TPSA) is 50.9 Å². The van der Waals surface area contributed by atoms with Gasteiger partial charge in [0.1, 0.15) is 0 Å². The first-order valence-corrected chi connectivity index (χ1v) is 5.29. The summed E-state index contributed by atoms with van der Waals surface area (Å²) in [6, 6.07) is 12.1. The number of anilines is 1. The molecule has 0 aliphatic rings. The molecule has 82 valence electrons. The van der Waals surface area contributed by atoms with Crippen molar-refractivity contribution in [3.63, 3.8) is 0 Å². The summed E-state index contributed by atoms with van der Waals surface area (Å²) in [5.41, 5.74) is 8.92. The van der Waals surface area contributed by atoms with Crippen molar-refractivity contribution in [2.45, 2.75) is 13.1 Å². The zero-order chi connectivity index (χ0) is 11.2. The second-order valence-electron chi connectivity index (χ2n) is 3.66. The van der Waals surface area contributed by atoms with E-state index >= 15 is 0 Å². The van der Waals surface area contributed by atoms with E-state index in [0.29, 0.717) is 0 Å². The smallest absolute Gasteiger partial charge is 0.0390 e. The Labute approximate surface area is 95.3 Å². The van der Waals surface area contributed by atoms with E-state index in [9.17, 15) is 0 Å². The highest BCUT2D eigenvalue weighted by Gasteiger charge is 1.97. The summed E-state index contributed by atoms with van der Waals surface area (Å²) >= 11 is 0. The fourth-order valence-corrected chi connectivity index (χ4v) is 1.52. The minimum atomic E-state index is 0.745. The second kappa shape index (κ2) is 5.28. The highest BCUT2D eigenvalue weighted by Crippen LogP contribution is 2.08. The van der Waals surface area contributed by atoms with Crippen molar-refractivity contribution < 1.29 is 0 Å². The van der Waals surface area contributed by atoms with Crippen molar-refractivity contribution >= 4 is 5.69 Å². The van der Waals surface area contributed by atoms with Gasteiger partial charge >= 0.3 is 0 Å². The van der Waals surface area contributed by atoms with Crippen LogP contribution in [-0.4, -0.2) is 4.98 Å². The van der Waals surface area contributed by atoms with Gasteiger partial charge in [-0.15, -0.1) is 0 Å². The Balaban J connectivity index is 1.87. The third-order valence-corrected chi connectivity index (χ3v) is 2.43. The van der Waals surface area contributed by atoms with Crippen LogP contribution in [0.1, 0.15) is 11.1 Å². The fourth-order valence-electron chi connectivity index (χ4n) is 1.52. The molecule has 2 aromatic rings. The van der Waals surface area contributed by atoms with Crippen molar-refractivity contribution in [2.24, 2.45) is 0 Å². The van der Waals surface area contributed by atoms with Gasteiger partial charge in [-0.05, 0) is 11.6 Å². The van der Waals surface area contributed by atoms with Crippen molar-refractivity contribution in [3.05, 3.63) is 59.9 Å². The van der Waals surface area contributed by atoms with Crippen molar-refractivity contribution in [1.29, 1.82) is 0 Å². The molecule has 3 heteroatoms. The highest BCUT2D eigenvalue weighted by molar-refractivity contribution is 5.44. The lowest BCUT2D eigenvalue weighted by Gasteiger charge is -2.06. The van der Waals surface area contributed by atoms with E-state index in [2.05, 4.69) is 22.4 Å². The third kappa shape index (κ3) is 2.81. The average Bonchev–Trinajstić information content (AvgIpc) is 2.33. The average molecular weight is 213 g/mol. The van der Waals surface area contributed by atoms with Gasteiger partial charge in [-0.25, -0.2) is 0 Å². The van der Waals surface area contributed by atoms with Crippen LogP contribution in [0.3, 0.4) is 0 Å². The van der Waals surface area contributed by atoms with E-state index in [4.69, 9.17) is 5.73 Å². The van der Waals surface area contributed by atoms with Crippen LogP contribution in [0.4, 0.5) is 5.69 Å². The molecule has 3 N–H and O–H groups in total. The number of benzene rings is 1. The summed E-state index contributed by atoms with van der Waals surface area (Å²) < 4.78 is 0. The fraction of sp³-hybridized carbons (Fsp3) is 0.154. The molecule has 1 aromatic heterocycles. The molecule has 0 aliphatic heterocycles. The van der Waals surface area contributed by atoms with E-state index in [1.807, 2.05) is 24.3 Å². The van der Waals surface area contributed by atoms with Crippen LogP contribution in [0.15, 0.2) is 48.8 Å². The lowest BCUT2D eigenvalue weighted by atomic mass is 10.2. The molecule has 0 amide bonds. The van der Waals surface area contributed by atoms with Gasteiger partial charge in [-0.2, -0.15) is 0 Å². The molecule has 0 fully saturated rings. The molecular formula is C13H15N3. The van der Waals surface area contributed by atoms with Crippen molar-refractivity contribution in [3.8, 4) is 0 Å². The van der Waals surface area contributed by atoms with Gasteiger partial charge in [-0.1, -0.05) is 30.3 Å². The maximum absolute atomic E-state index is 5.82.